The Labute approximate surface area is 191 Å². The molecule has 7 nitrogen and oxygen atoms in total. The number of hydrogen-bond donors (Lipinski definition) is 3. The lowest BCUT2D eigenvalue weighted by atomic mass is 10.1. The number of benzene rings is 2. The van der Waals surface area contributed by atoms with Crippen LogP contribution in [-0.4, -0.2) is 44.8 Å². The summed E-state index contributed by atoms with van der Waals surface area (Å²) in [6.07, 6.45) is 0. The fourth-order valence-corrected chi connectivity index (χ4v) is 3.00. The van der Waals surface area contributed by atoms with E-state index < -0.39 is 0 Å². The van der Waals surface area contributed by atoms with E-state index in [1.807, 2.05) is 58.0 Å². The van der Waals surface area contributed by atoms with Gasteiger partial charge in [-0.1, -0.05) is 24.3 Å². The highest BCUT2D eigenvalue weighted by Gasteiger charge is 2.15. The molecule has 7 heteroatoms. The second-order valence-electron chi connectivity index (χ2n) is 8.64. The van der Waals surface area contributed by atoms with Crippen molar-refractivity contribution in [2.45, 2.75) is 46.3 Å². The van der Waals surface area contributed by atoms with E-state index in [2.05, 4.69) is 33.1 Å². The second kappa shape index (κ2) is 12.1. The first kappa shape index (κ1) is 25.2. The van der Waals surface area contributed by atoms with Crippen molar-refractivity contribution in [2.75, 3.05) is 27.4 Å². The third-order valence-electron chi connectivity index (χ3n) is 4.58. The van der Waals surface area contributed by atoms with E-state index in [4.69, 9.17) is 9.47 Å². The molecule has 3 N–H and O–H groups in total. The highest BCUT2D eigenvalue weighted by molar-refractivity contribution is 5.94. The van der Waals surface area contributed by atoms with Gasteiger partial charge in [0.1, 0.15) is 12.4 Å². The number of ether oxygens (including phenoxy) is 2. The Hall–Kier alpha value is -3.06. The number of carbonyl (C=O) groups is 1. The van der Waals surface area contributed by atoms with Gasteiger partial charge >= 0.3 is 0 Å². The van der Waals surface area contributed by atoms with E-state index in [0.717, 1.165) is 22.4 Å². The molecule has 0 atom stereocenters. The predicted molar refractivity (Wildman–Crippen MR) is 129 cm³/mol. The smallest absolute Gasteiger partial charge is 0.251 e. The third-order valence-corrected chi connectivity index (χ3v) is 4.58. The molecule has 0 unspecified atom stereocenters. The summed E-state index contributed by atoms with van der Waals surface area (Å²) in [6.45, 7) is 10.1. The van der Waals surface area contributed by atoms with Crippen LogP contribution in [0.5, 0.6) is 5.75 Å². The second-order valence-corrected chi connectivity index (χ2v) is 8.64. The number of nitrogens with zero attached hydrogens (tertiary/aromatic N) is 1. The first-order chi connectivity index (χ1) is 15.2. The Morgan fingerprint density at radius 2 is 1.78 bits per heavy atom. The fourth-order valence-electron chi connectivity index (χ4n) is 3.00. The van der Waals surface area contributed by atoms with Crippen LogP contribution in [0, 0.1) is 6.92 Å². The summed E-state index contributed by atoms with van der Waals surface area (Å²) < 4.78 is 10.9. The summed E-state index contributed by atoms with van der Waals surface area (Å²) in [5, 5.41) is 9.61. The minimum absolute atomic E-state index is 0.0813. The molecule has 0 aliphatic rings. The van der Waals surface area contributed by atoms with Gasteiger partial charge in [0.05, 0.1) is 6.61 Å². The van der Waals surface area contributed by atoms with Crippen molar-refractivity contribution < 1.29 is 14.3 Å². The Morgan fingerprint density at radius 1 is 1.03 bits per heavy atom. The highest BCUT2D eigenvalue weighted by Crippen LogP contribution is 2.20. The van der Waals surface area contributed by atoms with Crippen LogP contribution < -0.4 is 20.7 Å². The standard InChI is InChI=1S/C25H36N4O3/c1-18-10-11-21(22(14-18)32-13-12-31-6)17-28-24(26-5)27-16-19-8-7-9-20(15-19)23(30)29-25(2,3)4/h7-11,14-15H,12-13,16-17H2,1-6H3,(H,29,30)(H2,26,27,28). The van der Waals surface area contributed by atoms with Crippen LogP contribution in [0.25, 0.3) is 0 Å². The van der Waals surface area contributed by atoms with Gasteiger partial charge in [-0.3, -0.25) is 9.79 Å². The molecule has 0 radical (unpaired) electrons. The van der Waals surface area contributed by atoms with Gasteiger partial charge < -0.3 is 25.4 Å². The Balaban J connectivity index is 1.96. The number of guanidine groups is 1. The van der Waals surface area contributed by atoms with Crippen molar-refractivity contribution in [1.29, 1.82) is 0 Å². The van der Waals surface area contributed by atoms with Crippen molar-refractivity contribution in [1.82, 2.24) is 16.0 Å². The number of methoxy groups -OCH3 is 1. The molecule has 0 spiro atoms. The lowest BCUT2D eigenvalue weighted by molar-refractivity contribution is 0.0919. The number of carbonyl (C=O) groups excluding carboxylic acids is 1. The van der Waals surface area contributed by atoms with Crippen molar-refractivity contribution in [3.05, 3.63) is 64.7 Å². The van der Waals surface area contributed by atoms with Crippen LogP contribution in [-0.2, 0) is 17.8 Å². The molecule has 0 heterocycles. The molecule has 0 aromatic heterocycles. The lowest BCUT2D eigenvalue weighted by Gasteiger charge is -2.20. The monoisotopic (exact) mass is 440 g/mol. The maximum absolute atomic E-state index is 12.4. The van der Waals surface area contributed by atoms with Crippen molar-refractivity contribution in [3.8, 4) is 5.75 Å². The maximum atomic E-state index is 12.4. The zero-order chi connectivity index (χ0) is 23.6. The number of rotatable bonds is 9. The summed E-state index contributed by atoms with van der Waals surface area (Å²) in [5.41, 5.74) is 3.53. The van der Waals surface area contributed by atoms with Crippen LogP contribution in [0.2, 0.25) is 0 Å². The molecule has 0 saturated heterocycles. The zero-order valence-electron chi connectivity index (χ0n) is 20.0. The van der Waals surface area contributed by atoms with Gasteiger partial charge in [0.15, 0.2) is 5.96 Å². The van der Waals surface area contributed by atoms with E-state index in [1.54, 1.807) is 14.2 Å². The normalized spacial score (nSPS) is 11.8. The topological polar surface area (TPSA) is 84.0 Å². The molecule has 2 rings (SSSR count). The van der Waals surface area contributed by atoms with Crippen LogP contribution in [0.1, 0.15) is 47.8 Å². The Bertz CT molecular complexity index is 920. The largest absolute Gasteiger partial charge is 0.491 e. The molecule has 0 saturated carbocycles. The summed E-state index contributed by atoms with van der Waals surface area (Å²) in [7, 11) is 3.39. The van der Waals surface area contributed by atoms with Crippen LogP contribution in [0.4, 0.5) is 0 Å². The van der Waals surface area contributed by atoms with E-state index >= 15 is 0 Å². The minimum Gasteiger partial charge on any atom is -0.491 e. The molecule has 0 aliphatic heterocycles. The van der Waals surface area contributed by atoms with E-state index in [1.165, 1.54) is 0 Å². The average molecular weight is 441 g/mol. The van der Waals surface area contributed by atoms with Gasteiger partial charge in [0.25, 0.3) is 5.91 Å². The number of aliphatic imine (C=N–C) groups is 1. The van der Waals surface area contributed by atoms with Gasteiger partial charge in [-0.2, -0.15) is 0 Å². The van der Waals surface area contributed by atoms with Crippen LogP contribution >= 0.6 is 0 Å². The quantitative estimate of drug-likeness (QED) is 0.316. The third kappa shape index (κ3) is 8.59. The van der Waals surface area contributed by atoms with Crippen molar-refractivity contribution in [2.24, 2.45) is 4.99 Å². The lowest BCUT2D eigenvalue weighted by Crippen LogP contribution is -2.40. The predicted octanol–water partition coefficient (Wildman–Crippen LogP) is 3.41. The summed E-state index contributed by atoms with van der Waals surface area (Å²) in [6, 6.07) is 13.7. The van der Waals surface area contributed by atoms with Gasteiger partial charge in [0, 0.05) is 43.9 Å². The minimum atomic E-state index is -0.278. The molecule has 0 aliphatic carbocycles. The van der Waals surface area contributed by atoms with Gasteiger partial charge in [-0.15, -0.1) is 0 Å². The summed E-state index contributed by atoms with van der Waals surface area (Å²) in [5.74, 6) is 1.42. The molecular weight excluding hydrogens is 404 g/mol. The highest BCUT2D eigenvalue weighted by atomic mass is 16.5. The fraction of sp³-hybridized carbons (Fsp3) is 0.440. The number of nitrogens with one attached hydrogen (secondary N) is 3. The SMILES string of the molecule is CN=C(NCc1cccc(C(=O)NC(C)(C)C)c1)NCc1ccc(C)cc1OCCOC. The summed E-state index contributed by atoms with van der Waals surface area (Å²) >= 11 is 0. The zero-order valence-corrected chi connectivity index (χ0v) is 20.0. The number of aryl methyl sites for hydroxylation is 1. The molecule has 2 aromatic rings. The molecule has 1 amide bonds. The summed E-state index contributed by atoms with van der Waals surface area (Å²) in [4.78, 5) is 16.7. The van der Waals surface area contributed by atoms with Crippen LogP contribution in [0.15, 0.2) is 47.5 Å². The molecule has 2 aromatic carbocycles. The van der Waals surface area contributed by atoms with Crippen molar-refractivity contribution >= 4 is 11.9 Å². The van der Waals surface area contributed by atoms with Gasteiger partial charge in [-0.05, 0) is 57.0 Å². The number of hydrogen-bond acceptors (Lipinski definition) is 4. The van der Waals surface area contributed by atoms with E-state index in [-0.39, 0.29) is 11.4 Å². The van der Waals surface area contributed by atoms with E-state index in [9.17, 15) is 4.79 Å². The van der Waals surface area contributed by atoms with Crippen molar-refractivity contribution in [3.63, 3.8) is 0 Å². The van der Waals surface area contributed by atoms with Crippen LogP contribution in [0.3, 0.4) is 0 Å². The maximum Gasteiger partial charge on any atom is 0.251 e. The average Bonchev–Trinajstić information content (AvgIpc) is 2.74. The molecule has 32 heavy (non-hydrogen) atoms. The number of amides is 1. The van der Waals surface area contributed by atoms with Gasteiger partial charge in [0.2, 0.25) is 0 Å². The van der Waals surface area contributed by atoms with Gasteiger partial charge in [-0.25, -0.2) is 0 Å². The molecule has 0 fully saturated rings. The first-order valence-corrected chi connectivity index (χ1v) is 10.8. The molecule has 0 bridgehead atoms. The first-order valence-electron chi connectivity index (χ1n) is 10.8. The Kier molecular flexibility index (Phi) is 9.53. The van der Waals surface area contributed by atoms with E-state index in [0.29, 0.717) is 37.8 Å². The molecule has 174 valence electrons. The Morgan fingerprint density at radius 3 is 2.47 bits per heavy atom. The molecular formula is C25H36N4O3.